The van der Waals surface area contributed by atoms with E-state index in [0.29, 0.717) is 5.92 Å². The van der Waals surface area contributed by atoms with Gasteiger partial charge in [0, 0.05) is 12.0 Å². The lowest BCUT2D eigenvalue weighted by molar-refractivity contribution is -0.119. The maximum absolute atomic E-state index is 11.1. The first-order chi connectivity index (χ1) is 6.18. The van der Waals surface area contributed by atoms with E-state index >= 15 is 0 Å². The van der Waals surface area contributed by atoms with E-state index in [1.54, 1.807) is 0 Å². The minimum atomic E-state index is -0.213. The Bertz CT molecular complexity index is 179. The molecule has 3 unspecified atom stereocenters. The number of carbonyl (C=O) groups excluding carboxylic acids is 1. The molecule has 0 aromatic carbocycles. The molecule has 0 heterocycles. The highest BCUT2D eigenvalue weighted by molar-refractivity contribution is 5.60. The van der Waals surface area contributed by atoms with Crippen molar-refractivity contribution in [2.24, 2.45) is 17.3 Å². The lowest BCUT2D eigenvalue weighted by Crippen LogP contribution is -2.30. The van der Waals surface area contributed by atoms with Crippen LogP contribution in [0.1, 0.15) is 39.5 Å². The van der Waals surface area contributed by atoms with E-state index in [1.165, 1.54) is 0 Å². The zero-order valence-corrected chi connectivity index (χ0v) is 8.62. The highest BCUT2D eigenvalue weighted by atomic mass is 16.3. The first kappa shape index (κ1) is 10.7. The topological polar surface area (TPSA) is 37.3 Å². The first-order valence-corrected chi connectivity index (χ1v) is 5.25. The van der Waals surface area contributed by atoms with Crippen LogP contribution in [0.3, 0.4) is 0 Å². The Labute approximate surface area is 80.3 Å². The molecule has 2 nitrogen and oxygen atoms in total. The van der Waals surface area contributed by atoms with Crippen LogP contribution in [0.25, 0.3) is 0 Å². The van der Waals surface area contributed by atoms with Crippen LogP contribution in [0.4, 0.5) is 0 Å². The molecular weight excluding hydrogens is 164 g/mol. The summed E-state index contributed by atoms with van der Waals surface area (Å²) in [6, 6.07) is 0. The maximum atomic E-state index is 11.1. The summed E-state index contributed by atoms with van der Waals surface area (Å²) in [6.07, 6.45) is 5.35. The fourth-order valence-electron chi connectivity index (χ4n) is 2.42. The quantitative estimate of drug-likeness (QED) is 0.679. The van der Waals surface area contributed by atoms with Crippen LogP contribution < -0.4 is 0 Å². The number of rotatable bonds is 4. The summed E-state index contributed by atoms with van der Waals surface area (Å²) < 4.78 is 0. The van der Waals surface area contributed by atoms with Crippen LogP contribution in [0.5, 0.6) is 0 Å². The summed E-state index contributed by atoms with van der Waals surface area (Å²) in [5.41, 5.74) is -0.213. The molecule has 76 valence electrons. The molecule has 1 N–H and O–H groups in total. The van der Waals surface area contributed by atoms with Gasteiger partial charge in [-0.25, -0.2) is 0 Å². The molecule has 0 amide bonds. The van der Waals surface area contributed by atoms with Gasteiger partial charge in [-0.2, -0.15) is 0 Å². The molecule has 0 aromatic heterocycles. The molecule has 0 spiro atoms. The van der Waals surface area contributed by atoms with Crippen LogP contribution in [0.15, 0.2) is 0 Å². The maximum Gasteiger partial charge on any atom is 0.126 e. The Balaban J connectivity index is 2.67. The fourth-order valence-corrected chi connectivity index (χ4v) is 2.42. The second kappa shape index (κ2) is 4.23. The zero-order chi connectivity index (χ0) is 9.90. The summed E-state index contributed by atoms with van der Waals surface area (Å²) in [5.74, 6) is 0.820. The van der Waals surface area contributed by atoms with Crippen molar-refractivity contribution in [2.45, 2.75) is 39.5 Å². The van der Waals surface area contributed by atoms with Crippen molar-refractivity contribution < 1.29 is 9.90 Å². The largest absolute Gasteiger partial charge is 0.396 e. The zero-order valence-electron chi connectivity index (χ0n) is 8.62. The molecule has 0 aromatic rings. The van der Waals surface area contributed by atoms with Gasteiger partial charge in [-0.1, -0.05) is 20.3 Å². The highest BCUT2D eigenvalue weighted by Crippen LogP contribution is 2.46. The number of hydrogen-bond donors (Lipinski definition) is 1. The minimum Gasteiger partial charge on any atom is -0.396 e. The minimum absolute atomic E-state index is 0.126. The summed E-state index contributed by atoms with van der Waals surface area (Å²) in [5, 5.41) is 9.09. The first-order valence-electron chi connectivity index (χ1n) is 5.25. The van der Waals surface area contributed by atoms with Crippen molar-refractivity contribution in [3.05, 3.63) is 0 Å². The third-order valence-electron chi connectivity index (χ3n) is 3.75. The van der Waals surface area contributed by atoms with Gasteiger partial charge in [-0.05, 0) is 31.1 Å². The van der Waals surface area contributed by atoms with Crippen molar-refractivity contribution in [1.29, 1.82) is 0 Å². The second-order valence-corrected chi connectivity index (χ2v) is 4.45. The third-order valence-corrected chi connectivity index (χ3v) is 3.75. The molecule has 1 aliphatic carbocycles. The average molecular weight is 184 g/mol. The molecule has 0 aliphatic heterocycles. The van der Waals surface area contributed by atoms with Crippen molar-refractivity contribution in [2.75, 3.05) is 6.61 Å². The van der Waals surface area contributed by atoms with Gasteiger partial charge in [0.05, 0.1) is 0 Å². The summed E-state index contributed by atoms with van der Waals surface area (Å²) in [6.45, 7) is 4.29. The van der Waals surface area contributed by atoms with E-state index in [1.807, 2.05) is 6.92 Å². The average Bonchev–Trinajstić information content (AvgIpc) is 2.61. The molecule has 1 rings (SSSR count). The van der Waals surface area contributed by atoms with Crippen molar-refractivity contribution in [3.8, 4) is 0 Å². The SMILES string of the molecule is CCC1CCC(C=O)(C(C)CO)C1. The second-order valence-electron chi connectivity index (χ2n) is 4.45. The molecule has 1 aliphatic rings. The van der Waals surface area contributed by atoms with Crippen molar-refractivity contribution in [3.63, 3.8) is 0 Å². The fraction of sp³-hybridized carbons (Fsp3) is 0.909. The molecule has 1 saturated carbocycles. The Morgan fingerprint density at radius 3 is 2.77 bits per heavy atom. The summed E-state index contributed by atoms with van der Waals surface area (Å²) in [4.78, 5) is 11.1. The summed E-state index contributed by atoms with van der Waals surface area (Å²) >= 11 is 0. The van der Waals surface area contributed by atoms with E-state index in [2.05, 4.69) is 6.92 Å². The van der Waals surface area contributed by atoms with Gasteiger partial charge in [-0.15, -0.1) is 0 Å². The Morgan fingerprint density at radius 1 is 1.69 bits per heavy atom. The number of aldehydes is 1. The molecule has 1 fully saturated rings. The standard InChI is InChI=1S/C11H20O2/c1-3-10-4-5-11(6-10,8-13)9(2)7-12/h8-10,12H,3-7H2,1-2H3. The van der Waals surface area contributed by atoms with Crippen LogP contribution in [-0.2, 0) is 4.79 Å². The van der Waals surface area contributed by atoms with Gasteiger partial charge in [0.1, 0.15) is 6.29 Å². The number of aliphatic hydroxyl groups excluding tert-OH is 1. The normalized spacial score (nSPS) is 36.1. The molecule has 13 heavy (non-hydrogen) atoms. The predicted octanol–water partition coefficient (Wildman–Crippen LogP) is 2.01. The molecule has 3 atom stereocenters. The van der Waals surface area contributed by atoms with Crippen LogP contribution in [0, 0.1) is 17.3 Å². The van der Waals surface area contributed by atoms with E-state index in [-0.39, 0.29) is 17.9 Å². The lowest BCUT2D eigenvalue weighted by Gasteiger charge is -2.28. The molecule has 0 radical (unpaired) electrons. The van der Waals surface area contributed by atoms with Gasteiger partial charge < -0.3 is 9.90 Å². The van der Waals surface area contributed by atoms with Gasteiger partial charge in [-0.3, -0.25) is 0 Å². The van der Waals surface area contributed by atoms with Crippen molar-refractivity contribution in [1.82, 2.24) is 0 Å². The number of carbonyl (C=O) groups is 1. The van der Waals surface area contributed by atoms with E-state index < -0.39 is 0 Å². The highest BCUT2D eigenvalue weighted by Gasteiger charge is 2.42. The number of hydrogen-bond acceptors (Lipinski definition) is 2. The van der Waals surface area contributed by atoms with E-state index in [9.17, 15) is 4.79 Å². The smallest absolute Gasteiger partial charge is 0.126 e. The van der Waals surface area contributed by atoms with E-state index in [0.717, 1.165) is 32.0 Å². The van der Waals surface area contributed by atoms with Gasteiger partial charge >= 0.3 is 0 Å². The molecule has 0 bridgehead atoms. The van der Waals surface area contributed by atoms with Crippen molar-refractivity contribution >= 4 is 6.29 Å². The van der Waals surface area contributed by atoms with Crippen LogP contribution in [-0.4, -0.2) is 18.0 Å². The molecular formula is C11H20O2. The van der Waals surface area contributed by atoms with Gasteiger partial charge in [0.25, 0.3) is 0 Å². The molecule has 2 heteroatoms. The van der Waals surface area contributed by atoms with E-state index in [4.69, 9.17) is 5.11 Å². The number of aliphatic hydroxyl groups is 1. The molecule has 0 saturated heterocycles. The monoisotopic (exact) mass is 184 g/mol. The van der Waals surface area contributed by atoms with Gasteiger partial charge in [0.2, 0.25) is 0 Å². The van der Waals surface area contributed by atoms with Crippen LogP contribution >= 0.6 is 0 Å². The Kier molecular flexibility index (Phi) is 3.48. The predicted molar refractivity (Wildman–Crippen MR) is 52.4 cm³/mol. The Morgan fingerprint density at radius 2 is 2.38 bits per heavy atom. The Hall–Kier alpha value is -0.370. The third kappa shape index (κ3) is 1.93. The van der Waals surface area contributed by atoms with Gasteiger partial charge in [0.15, 0.2) is 0 Å². The lowest BCUT2D eigenvalue weighted by atomic mass is 9.76. The summed E-state index contributed by atoms with van der Waals surface area (Å²) in [7, 11) is 0. The van der Waals surface area contributed by atoms with Crippen LogP contribution in [0.2, 0.25) is 0 Å².